The third kappa shape index (κ3) is 5.14. The molecular weight excluding hydrogens is 476 g/mol. The molecule has 1 unspecified atom stereocenters. The fraction of sp³-hybridized carbons (Fsp3) is 0.483. The van der Waals surface area contributed by atoms with Gasteiger partial charge in [0, 0.05) is 49.4 Å². The van der Waals surface area contributed by atoms with Crippen molar-refractivity contribution in [3.8, 4) is 5.88 Å². The van der Waals surface area contributed by atoms with E-state index in [4.69, 9.17) is 14.7 Å². The number of hydrogen-bond acceptors (Lipinski definition) is 8. The molecule has 1 aliphatic rings. The van der Waals surface area contributed by atoms with Gasteiger partial charge in [-0.1, -0.05) is 46.8 Å². The predicted molar refractivity (Wildman–Crippen MR) is 151 cm³/mol. The Kier molecular flexibility index (Phi) is 6.49. The van der Waals surface area contributed by atoms with Crippen molar-refractivity contribution in [2.24, 2.45) is 12.5 Å². The number of aromatic nitrogens is 6. The average molecular weight is 515 g/mol. The average Bonchev–Trinajstić information content (AvgIpc) is 3.22. The number of nitrogens with zero attached hydrogens (tertiary/aromatic N) is 7. The Bertz CT molecular complexity index is 1470. The summed E-state index contributed by atoms with van der Waals surface area (Å²) in [4.78, 5) is 25.2. The minimum atomic E-state index is -0.148. The van der Waals surface area contributed by atoms with Crippen molar-refractivity contribution < 1.29 is 4.74 Å². The van der Waals surface area contributed by atoms with E-state index in [1.165, 1.54) is 5.56 Å². The molecule has 200 valence electrons. The molecule has 1 fully saturated rings. The van der Waals surface area contributed by atoms with Crippen molar-refractivity contribution in [2.75, 3.05) is 23.3 Å². The third-order valence-corrected chi connectivity index (χ3v) is 7.37. The van der Waals surface area contributed by atoms with Gasteiger partial charge in [0.05, 0.1) is 6.33 Å². The number of aryl methyl sites for hydroxylation is 3. The Morgan fingerprint density at radius 3 is 2.55 bits per heavy atom. The molecule has 1 N–H and O–H groups in total. The fourth-order valence-corrected chi connectivity index (χ4v) is 4.99. The van der Waals surface area contributed by atoms with Crippen molar-refractivity contribution in [2.45, 2.75) is 66.4 Å². The van der Waals surface area contributed by atoms with Gasteiger partial charge in [-0.25, -0.2) is 15.0 Å². The third-order valence-electron chi connectivity index (χ3n) is 7.37. The largest absolute Gasteiger partial charge is 0.474 e. The van der Waals surface area contributed by atoms with Crippen LogP contribution in [0.2, 0.25) is 0 Å². The molecule has 0 spiro atoms. The fourth-order valence-electron chi connectivity index (χ4n) is 4.99. The van der Waals surface area contributed by atoms with Crippen molar-refractivity contribution in [1.82, 2.24) is 29.5 Å². The van der Waals surface area contributed by atoms with Crippen LogP contribution >= 0.6 is 0 Å². The molecule has 4 aromatic rings. The monoisotopic (exact) mass is 514 g/mol. The van der Waals surface area contributed by atoms with Gasteiger partial charge in [0.1, 0.15) is 17.9 Å². The van der Waals surface area contributed by atoms with Crippen LogP contribution in [0.25, 0.3) is 11.2 Å². The zero-order chi connectivity index (χ0) is 27.2. The molecule has 1 aliphatic heterocycles. The SMILES string of the molecule is Cc1cc(OC2CCN(c3nc(Nc4cc(C(C)(C)C)ccc4C)c4c(ncn4C)n3)CC2(C)C)ncn1. The second kappa shape index (κ2) is 9.53. The molecule has 4 heterocycles. The molecule has 1 atom stereocenters. The summed E-state index contributed by atoms with van der Waals surface area (Å²) in [6.45, 7) is 16.7. The minimum absolute atomic E-state index is 0.0204. The first-order valence-electron chi connectivity index (χ1n) is 13.2. The summed E-state index contributed by atoms with van der Waals surface area (Å²) < 4.78 is 8.29. The smallest absolute Gasteiger partial charge is 0.229 e. The van der Waals surface area contributed by atoms with E-state index < -0.39 is 0 Å². The van der Waals surface area contributed by atoms with Gasteiger partial charge in [-0.05, 0) is 36.5 Å². The number of anilines is 3. The lowest BCUT2D eigenvalue weighted by atomic mass is 9.81. The summed E-state index contributed by atoms with van der Waals surface area (Å²) in [6.07, 6.45) is 4.19. The molecule has 1 saturated heterocycles. The second-order valence-electron chi connectivity index (χ2n) is 12.1. The Morgan fingerprint density at radius 1 is 1.05 bits per heavy atom. The molecular formula is C29H38N8O. The number of benzene rings is 1. The number of ether oxygens (including phenoxy) is 1. The molecule has 0 bridgehead atoms. The lowest BCUT2D eigenvalue weighted by Crippen LogP contribution is -2.51. The van der Waals surface area contributed by atoms with Gasteiger partial charge >= 0.3 is 0 Å². The molecule has 3 aromatic heterocycles. The van der Waals surface area contributed by atoms with Gasteiger partial charge in [-0.15, -0.1) is 0 Å². The van der Waals surface area contributed by atoms with E-state index >= 15 is 0 Å². The Balaban J connectivity index is 1.45. The summed E-state index contributed by atoms with van der Waals surface area (Å²) in [6, 6.07) is 8.47. The number of nitrogens with one attached hydrogen (secondary N) is 1. The first kappa shape index (κ1) is 25.9. The van der Waals surface area contributed by atoms with Crippen molar-refractivity contribution in [3.05, 3.63) is 53.7 Å². The van der Waals surface area contributed by atoms with Gasteiger partial charge in [-0.3, -0.25) is 0 Å². The quantitative estimate of drug-likeness (QED) is 0.373. The summed E-state index contributed by atoms with van der Waals surface area (Å²) in [5, 5.41) is 3.62. The van der Waals surface area contributed by atoms with Gasteiger partial charge < -0.3 is 19.5 Å². The lowest BCUT2D eigenvalue weighted by Gasteiger charge is -2.43. The first-order chi connectivity index (χ1) is 17.9. The molecule has 5 rings (SSSR count). The van der Waals surface area contributed by atoms with Crippen LogP contribution < -0.4 is 15.0 Å². The highest BCUT2D eigenvalue weighted by atomic mass is 16.5. The second-order valence-corrected chi connectivity index (χ2v) is 12.1. The molecule has 0 amide bonds. The van der Waals surface area contributed by atoms with Crippen LogP contribution in [-0.2, 0) is 12.5 Å². The molecule has 9 heteroatoms. The van der Waals surface area contributed by atoms with Crippen LogP contribution in [0.5, 0.6) is 5.88 Å². The zero-order valence-electron chi connectivity index (χ0n) is 23.7. The maximum atomic E-state index is 6.32. The molecule has 9 nitrogen and oxygen atoms in total. The lowest BCUT2D eigenvalue weighted by molar-refractivity contribution is 0.0506. The standard InChI is InChI=1S/C29H38N8O/c1-18-9-10-20(28(3,4)5)14-21(18)33-26-24-25(32-17-36(24)8)34-27(35-26)37-12-11-22(29(6,7)15-37)38-23-13-19(2)30-16-31-23/h9-10,13-14,16-17,22H,11-12,15H2,1-8H3,(H,33,34,35). The van der Waals surface area contributed by atoms with Crippen LogP contribution in [0.3, 0.4) is 0 Å². The summed E-state index contributed by atoms with van der Waals surface area (Å²) in [5.41, 5.74) is 5.82. The molecule has 0 aliphatic carbocycles. The molecule has 38 heavy (non-hydrogen) atoms. The number of piperidine rings is 1. The van der Waals surface area contributed by atoms with Crippen LogP contribution in [0.1, 0.15) is 57.9 Å². The molecule has 0 radical (unpaired) electrons. The van der Waals surface area contributed by atoms with Crippen molar-refractivity contribution >= 4 is 28.6 Å². The predicted octanol–water partition coefficient (Wildman–Crippen LogP) is 5.50. The van der Waals surface area contributed by atoms with E-state index in [1.54, 1.807) is 12.7 Å². The Morgan fingerprint density at radius 2 is 1.84 bits per heavy atom. The van der Waals surface area contributed by atoms with Crippen molar-refractivity contribution in [1.29, 1.82) is 0 Å². The maximum absolute atomic E-state index is 6.32. The van der Waals surface area contributed by atoms with E-state index in [2.05, 4.69) is 84.9 Å². The highest BCUT2D eigenvalue weighted by Gasteiger charge is 2.39. The number of imidazole rings is 1. The first-order valence-corrected chi connectivity index (χ1v) is 13.2. The van der Waals surface area contributed by atoms with Gasteiger partial charge in [0.15, 0.2) is 11.5 Å². The molecule has 0 saturated carbocycles. The number of hydrogen-bond donors (Lipinski definition) is 1. The Hall–Kier alpha value is -3.75. The normalized spacial score (nSPS) is 17.6. The van der Waals surface area contributed by atoms with Crippen LogP contribution in [-0.4, -0.2) is 48.7 Å². The van der Waals surface area contributed by atoms with Gasteiger partial charge in [0.2, 0.25) is 11.8 Å². The zero-order valence-corrected chi connectivity index (χ0v) is 23.7. The highest BCUT2D eigenvalue weighted by molar-refractivity contribution is 5.87. The van der Waals surface area contributed by atoms with Crippen LogP contribution in [0.4, 0.5) is 17.5 Å². The van der Waals surface area contributed by atoms with Gasteiger partial charge in [-0.2, -0.15) is 9.97 Å². The van der Waals surface area contributed by atoms with E-state index in [9.17, 15) is 0 Å². The number of fused-ring (bicyclic) bond motifs is 1. The Labute approximate surface area is 224 Å². The van der Waals surface area contributed by atoms with Crippen LogP contribution in [0, 0.1) is 19.3 Å². The van der Waals surface area contributed by atoms with Crippen LogP contribution in [0.15, 0.2) is 36.9 Å². The highest BCUT2D eigenvalue weighted by Crippen LogP contribution is 2.36. The summed E-state index contributed by atoms with van der Waals surface area (Å²) >= 11 is 0. The summed E-state index contributed by atoms with van der Waals surface area (Å²) in [5.74, 6) is 2.05. The summed E-state index contributed by atoms with van der Waals surface area (Å²) in [7, 11) is 1.97. The van der Waals surface area contributed by atoms with E-state index in [1.807, 2.05) is 24.6 Å². The minimum Gasteiger partial charge on any atom is -0.474 e. The van der Waals surface area contributed by atoms with Gasteiger partial charge in [0.25, 0.3) is 0 Å². The number of rotatable bonds is 5. The topological polar surface area (TPSA) is 93.9 Å². The maximum Gasteiger partial charge on any atom is 0.229 e. The van der Waals surface area contributed by atoms with E-state index in [-0.39, 0.29) is 16.9 Å². The van der Waals surface area contributed by atoms with E-state index in [0.29, 0.717) is 17.5 Å². The molecule has 1 aromatic carbocycles. The van der Waals surface area contributed by atoms with E-state index in [0.717, 1.165) is 47.8 Å². The van der Waals surface area contributed by atoms with Crippen molar-refractivity contribution in [3.63, 3.8) is 0 Å².